The minimum Gasteiger partial charge on any atom is -0.484 e. The molecule has 0 fully saturated rings. The predicted molar refractivity (Wildman–Crippen MR) is 114 cm³/mol. The van der Waals surface area contributed by atoms with Gasteiger partial charge in [0.15, 0.2) is 17.5 Å². The van der Waals surface area contributed by atoms with Crippen molar-refractivity contribution in [3.8, 4) is 5.75 Å². The van der Waals surface area contributed by atoms with Crippen LogP contribution in [-0.4, -0.2) is 48.1 Å². The van der Waals surface area contributed by atoms with E-state index in [4.69, 9.17) is 45.3 Å². The summed E-state index contributed by atoms with van der Waals surface area (Å²) in [5, 5.41) is 3.75. The molecule has 8 nitrogen and oxygen atoms in total. The van der Waals surface area contributed by atoms with E-state index in [1.807, 2.05) is 0 Å². The molecule has 11 heteroatoms. The summed E-state index contributed by atoms with van der Waals surface area (Å²) >= 11 is 17.7. The normalized spacial score (nSPS) is 11.2. The van der Waals surface area contributed by atoms with E-state index in [9.17, 15) is 9.59 Å². The number of amides is 2. The van der Waals surface area contributed by atoms with Gasteiger partial charge in [-0.25, -0.2) is 10.4 Å². The minimum atomic E-state index is -0.693. The Morgan fingerprint density at radius 2 is 1.79 bits per heavy atom. The highest BCUT2D eigenvalue weighted by molar-refractivity contribution is 6.46. The Morgan fingerprint density at radius 1 is 1.17 bits per heavy atom. The summed E-state index contributed by atoms with van der Waals surface area (Å²) in [7, 11) is 3.30. The average Bonchev–Trinajstić information content (AvgIpc) is 2.71. The number of anilines is 1. The van der Waals surface area contributed by atoms with Crippen LogP contribution in [0, 0.1) is 0 Å². The molecule has 1 heterocycles. The number of halogens is 3. The lowest BCUT2D eigenvalue weighted by molar-refractivity contribution is -0.130. The van der Waals surface area contributed by atoms with Crippen molar-refractivity contribution >= 4 is 58.0 Å². The van der Waals surface area contributed by atoms with Crippen molar-refractivity contribution in [2.24, 2.45) is 5.10 Å². The molecule has 0 radical (unpaired) electrons. The molecule has 0 spiro atoms. The largest absolute Gasteiger partial charge is 0.484 e. The maximum atomic E-state index is 12.3. The van der Waals surface area contributed by atoms with Crippen molar-refractivity contribution < 1.29 is 14.3 Å². The Balaban J connectivity index is 2.06. The lowest BCUT2D eigenvalue weighted by Crippen LogP contribution is -2.27. The second-order valence-corrected chi connectivity index (χ2v) is 7.15. The number of likely N-dealkylation sites (N-methyl/N-ethyl adjacent to an activating group) is 1. The van der Waals surface area contributed by atoms with Crippen molar-refractivity contribution in [2.75, 3.05) is 26.4 Å². The maximum Gasteiger partial charge on any atom is 0.291 e. The molecule has 2 rings (SSSR count). The van der Waals surface area contributed by atoms with E-state index in [0.29, 0.717) is 11.5 Å². The zero-order chi connectivity index (χ0) is 21.7. The first-order chi connectivity index (χ1) is 13.6. The molecule has 0 atom stereocenters. The minimum absolute atomic E-state index is 0.0255. The first-order valence-electron chi connectivity index (χ1n) is 8.19. The van der Waals surface area contributed by atoms with Crippen molar-refractivity contribution in [1.29, 1.82) is 0 Å². The zero-order valence-electron chi connectivity index (χ0n) is 15.8. The first kappa shape index (κ1) is 22.7. The Kier molecular flexibility index (Phi) is 7.66. The standard InChI is InChI=1S/C18H18Cl3N5O3/c1-9(10-4-6-11(7-5-10)29-8-12(27)26(2)3)24-25-18(28)16-13(19)15(22)14(20)17(21)23-16/h4-7H,8H2,1-3H3,(H2,22,23)(H,25,28)/b24-9+. The van der Waals surface area contributed by atoms with Crippen molar-refractivity contribution in [1.82, 2.24) is 15.3 Å². The molecule has 1 aromatic carbocycles. The van der Waals surface area contributed by atoms with Crippen molar-refractivity contribution in [3.05, 3.63) is 50.7 Å². The summed E-state index contributed by atoms with van der Waals surface area (Å²) in [4.78, 5) is 29.1. The Hall–Kier alpha value is -2.55. The van der Waals surface area contributed by atoms with Gasteiger partial charge in [-0.05, 0) is 36.8 Å². The van der Waals surface area contributed by atoms with Crippen LogP contribution < -0.4 is 15.9 Å². The van der Waals surface area contributed by atoms with E-state index < -0.39 is 5.91 Å². The molecule has 0 aliphatic carbocycles. The fourth-order valence-electron chi connectivity index (χ4n) is 2.00. The lowest BCUT2D eigenvalue weighted by atomic mass is 10.1. The van der Waals surface area contributed by atoms with E-state index in [2.05, 4.69) is 15.5 Å². The van der Waals surface area contributed by atoms with Gasteiger partial charge in [-0.2, -0.15) is 5.10 Å². The summed E-state index contributed by atoms with van der Waals surface area (Å²) in [6, 6.07) is 6.86. The summed E-state index contributed by atoms with van der Waals surface area (Å²) in [5.74, 6) is -0.311. The molecule has 0 saturated heterocycles. The number of aromatic nitrogens is 1. The highest BCUT2D eigenvalue weighted by Crippen LogP contribution is 2.34. The van der Waals surface area contributed by atoms with Gasteiger partial charge < -0.3 is 15.4 Å². The van der Waals surface area contributed by atoms with E-state index >= 15 is 0 Å². The third-order valence-electron chi connectivity index (χ3n) is 3.75. The van der Waals surface area contributed by atoms with Crippen LogP contribution in [0.5, 0.6) is 5.75 Å². The van der Waals surface area contributed by atoms with Crippen molar-refractivity contribution in [3.63, 3.8) is 0 Å². The van der Waals surface area contributed by atoms with Crippen LogP contribution in [0.3, 0.4) is 0 Å². The van der Waals surface area contributed by atoms with E-state index in [1.54, 1.807) is 45.3 Å². The molecular weight excluding hydrogens is 441 g/mol. The second-order valence-electron chi connectivity index (χ2n) is 6.03. The third-order valence-corrected chi connectivity index (χ3v) is 4.88. The first-order valence-corrected chi connectivity index (χ1v) is 9.33. The number of carbonyl (C=O) groups is 2. The number of rotatable bonds is 6. The van der Waals surface area contributed by atoms with Gasteiger partial charge in [-0.15, -0.1) is 0 Å². The van der Waals surface area contributed by atoms with Crippen molar-refractivity contribution in [2.45, 2.75) is 6.92 Å². The number of nitrogens with two attached hydrogens (primary N) is 1. The quantitative estimate of drug-likeness (QED) is 0.392. The van der Waals surface area contributed by atoms with Gasteiger partial charge in [0, 0.05) is 14.1 Å². The van der Waals surface area contributed by atoms with E-state index in [1.165, 1.54) is 4.90 Å². The third kappa shape index (κ3) is 5.72. The molecule has 0 unspecified atom stereocenters. The van der Waals surface area contributed by atoms with Crippen LogP contribution in [-0.2, 0) is 4.79 Å². The number of hydrogen-bond donors (Lipinski definition) is 2. The van der Waals surface area contributed by atoms with Gasteiger partial charge in [0.05, 0.1) is 16.4 Å². The number of pyridine rings is 1. The number of hydrazone groups is 1. The van der Waals surface area contributed by atoms with Crippen LogP contribution in [0.15, 0.2) is 29.4 Å². The molecule has 0 bridgehead atoms. The molecule has 154 valence electrons. The summed E-state index contributed by atoms with van der Waals surface area (Å²) in [5.41, 5.74) is 9.05. The number of benzene rings is 1. The molecule has 1 aromatic heterocycles. The van der Waals surface area contributed by atoms with Gasteiger partial charge in [-0.1, -0.05) is 34.8 Å². The number of nitrogens with one attached hydrogen (secondary N) is 1. The number of nitrogen functional groups attached to an aromatic ring is 1. The Bertz CT molecular complexity index is 962. The van der Waals surface area contributed by atoms with Gasteiger partial charge in [0.2, 0.25) is 0 Å². The van der Waals surface area contributed by atoms with E-state index in [0.717, 1.165) is 5.56 Å². The predicted octanol–water partition coefficient (Wildman–Crippen LogP) is 3.25. The highest BCUT2D eigenvalue weighted by atomic mass is 35.5. The van der Waals surface area contributed by atoms with Gasteiger partial charge >= 0.3 is 0 Å². The van der Waals surface area contributed by atoms with Gasteiger partial charge in [0.1, 0.15) is 10.8 Å². The smallest absolute Gasteiger partial charge is 0.291 e. The molecule has 0 aliphatic rings. The average molecular weight is 459 g/mol. The van der Waals surface area contributed by atoms with Crippen LogP contribution in [0.4, 0.5) is 5.69 Å². The molecule has 2 aromatic rings. The number of ether oxygens (including phenoxy) is 1. The molecule has 3 N–H and O–H groups in total. The molecule has 29 heavy (non-hydrogen) atoms. The summed E-state index contributed by atoms with van der Waals surface area (Å²) < 4.78 is 5.41. The molecule has 0 saturated carbocycles. The molecule has 0 aliphatic heterocycles. The van der Waals surface area contributed by atoms with Crippen LogP contribution in [0.25, 0.3) is 0 Å². The van der Waals surface area contributed by atoms with Gasteiger partial charge in [0.25, 0.3) is 11.8 Å². The van der Waals surface area contributed by atoms with Crippen LogP contribution in [0.1, 0.15) is 23.0 Å². The fraction of sp³-hybridized carbons (Fsp3) is 0.222. The highest BCUT2D eigenvalue weighted by Gasteiger charge is 2.19. The summed E-state index contributed by atoms with van der Waals surface area (Å²) in [6.07, 6.45) is 0. The van der Waals surface area contributed by atoms with Crippen LogP contribution >= 0.6 is 34.8 Å². The monoisotopic (exact) mass is 457 g/mol. The lowest BCUT2D eigenvalue weighted by Gasteiger charge is -2.11. The maximum absolute atomic E-state index is 12.3. The summed E-state index contributed by atoms with van der Waals surface area (Å²) in [6.45, 7) is 1.64. The SMILES string of the molecule is C/C(=N\NC(=O)c1nc(Cl)c(Cl)c(N)c1Cl)c1ccc(OCC(=O)N(C)C)cc1. The van der Waals surface area contributed by atoms with E-state index in [-0.39, 0.29) is 39.1 Å². The number of carbonyl (C=O) groups excluding carboxylic acids is 2. The fourth-order valence-corrected chi connectivity index (χ4v) is 2.59. The zero-order valence-corrected chi connectivity index (χ0v) is 18.1. The topological polar surface area (TPSA) is 110 Å². The Morgan fingerprint density at radius 3 is 2.38 bits per heavy atom. The van der Waals surface area contributed by atoms with Crippen LogP contribution in [0.2, 0.25) is 15.2 Å². The molecule has 2 amide bonds. The number of hydrogen-bond acceptors (Lipinski definition) is 6. The van der Waals surface area contributed by atoms with Gasteiger partial charge in [-0.3, -0.25) is 9.59 Å². The molecular formula is C18H18Cl3N5O3. The Labute approximate surface area is 182 Å². The number of nitrogens with zero attached hydrogens (tertiary/aromatic N) is 3. The second kappa shape index (κ2) is 9.78.